The number of benzene rings is 2. The molecule has 5 heteroatoms. The van der Waals surface area contributed by atoms with Gasteiger partial charge in [0, 0.05) is 23.8 Å². The first-order valence-electron chi connectivity index (χ1n) is 6.80. The van der Waals surface area contributed by atoms with Gasteiger partial charge in [0.2, 0.25) is 17.8 Å². The summed E-state index contributed by atoms with van der Waals surface area (Å²) in [5, 5.41) is 11.6. The number of carbonyl (C=O) groups is 1. The number of rotatable bonds is 4. The molecule has 0 saturated carbocycles. The highest BCUT2D eigenvalue weighted by molar-refractivity contribution is 5.95. The van der Waals surface area contributed by atoms with Crippen molar-refractivity contribution < 1.29 is 14.3 Å². The summed E-state index contributed by atoms with van der Waals surface area (Å²) >= 11 is 0. The predicted molar refractivity (Wildman–Crippen MR) is 81.6 cm³/mol. The number of pyridine rings is 1. The van der Waals surface area contributed by atoms with Gasteiger partial charge in [0.25, 0.3) is 5.69 Å². The Labute approximate surface area is 126 Å². The Morgan fingerprint density at radius 1 is 1.00 bits per heavy atom. The van der Waals surface area contributed by atoms with Gasteiger partial charge in [-0.25, -0.2) is 0 Å². The molecule has 0 fully saturated rings. The Hall–Kier alpha value is -3.08. The molecule has 0 bridgehead atoms. The highest BCUT2D eigenvalue weighted by atomic mass is 16.6. The zero-order valence-corrected chi connectivity index (χ0v) is 11.7. The smallest absolute Gasteiger partial charge is 0.283 e. The van der Waals surface area contributed by atoms with Gasteiger partial charge in [-0.15, -0.1) is 0 Å². The van der Waals surface area contributed by atoms with E-state index in [-0.39, 0.29) is 18.0 Å². The summed E-state index contributed by atoms with van der Waals surface area (Å²) in [6, 6.07) is 17.3. The Bertz CT molecular complexity index is 860. The monoisotopic (exact) mass is 293 g/mol. The molecule has 3 rings (SSSR count). The zero-order chi connectivity index (χ0) is 15.5. The first-order chi connectivity index (χ1) is 10.7. The van der Waals surface area contributed by atoms with Gasteiger partial charge in [0.1, 0.15) is 5.39 Å². The lowest BCUT2D eigenvalue weighted by molar-refractivity contribution is -0.657. The molecular formula is C17H13N2O3+. The molecule has 1 aromatic heterocycles. The van der Waals surface area contributed by atoms with E-state index in [4.69, 9.17) is 0 Å². The molecule has 0 spiro atoms. The SMILES string of the molecule is O=C(C[n+]1cccc2c([N+](=O)[O-])cccc21)c1ccccc1. The molecule has 0 aliphatic rings. The summed E-state index contributed by atoms with van der Waals surface area (Å²) in [7, 11) is 0. The van der Waals surface area contributed by atoms with Gasteiger partial charge in [-0.2, -0.15) is 4.57 Å². The van der Waals surface area contributed by atoms with E-state index in [1.54, 1.807) is 47.2 Å². The van der Waals surface area contributed by atoms with E-state index in [2.05, 4.69) is 0 Å². The molecule has 0 radical (unpaired) electrons. The molecule has 0 amide bonds. The second-order valence-electron chi connectivity index (χ2n) is 4.89. The van der Waals surface area contributed by atoms with E-state index in [9.17, 15) is 14.9 Å². The van der Waals surface area contributed by atoms with Crippen molar-refractivity contribution in [3.05, 3.63) is 82.5 Å². The van der Waals surface area contributed by atoms with Crippen molar-refractivity contribution in [1.82, 2.24) is 0 Å². The number of aromatic nitrogens is 1. The van der Waals surface area contributed by atoms with Gasteiger partial charge in [-0.3, -0.25) is 14.9 Å². The number of hydrogen-bond acceptors (Lipinski definition) is 3. The van der Waals surface area contributed by atoms with Crippen molar-refractivity contribution in [2.75, 3.05) is 0 Å². The van der Waals surface area contributed by atoms with E-state index in [0.717, 1.165) is 0 Å². The fourth-order valence-electron chi connectivity index (χ4n) is 2.45. The van der Waals surface area contributed by atoms with Crippen molar-refractivity contribution in [3.8, 4) is 0 Å². The van der Waals surface area contributed by atoms with Crippen LogP contribution in [0.4, 0.5) is 5.69 Å². The van der Waals surface area contributed by atoms with Gasteiger partial charge >= 0.3 is 0 Å². The molecule has 1 heterocycles. The van der Waals surface area contributed by atoms with E-state index >= 15 is 0 Å². The number of ketones is 1. The van der Waals surface area contributed by atoms with Crippen LogP contribution < -0.4 is 4.57 Å². The lowest BCUT2D eigenvalue weighted by atomic mass is 10.1. The first kappa shape index (κ1) is 13.9. The third-order valence-electron chi connectivity index (χ3n) is 3.50. The molecule has 108 valence electrons. The van der Waals surface area contributed by atoms with Crippen LogP contribution in [0.25, 0.3) is 10.9 Å². The molecule has 0 atom stereocenters. The van der Waals surface area contributed by atoms with Gasteiger partial charge < -0.3 is 0 Å². The molecule has 22 heavy (non-hydrogen) atoms. The topological polar surface area (TPSA) is 64.1 Å². The average Bonchev–Trinajstić information content (AvgIpc) is 2.55. The normalized spacial score (nSPS) is 10.5. The second-order valence-corrected chi connectivity index (χ2v) is 4.89. The number of nitro groups is 1. The van der Waals surface area contributed by atoms with Crippen molar-refractivity contribution in [3.63, 3.8) is 0 Å². The van der Waals surface area contributed by atoms with Crippen LogP contribution in [0.15, 0.2) is 66.9 Å². The lowest BCUT2D eigenvalue weighted by Gasteiger charge is -2.02. The van der Waals surface area contributed by atoms with Crippen LogP contribution in [0.5, 0.6) is 0 Å². The van der Waals surface area contributed by atoms with Crippen LogP contribution in [0.1, 0.15) is 10.4 Å². The van der Waals surface area contributed by atoms with Crippen molar-refractivity contribution in [2.24, 2.45) is 0 Å². The van der Waals surface area contributed by atoms with Crippen LogP contribution in [-0.2, 0) is 6.54 Å². The molecule has 0 saturated heterocycles. The molecule has 2 aromatic carbocycles. The van der Waals surface area contributed by atoms with Crippen LogP contribution in [0.2, 0.25) is 0 Å². The quantitative estimate of drug-likeness (QED) is 0.321. The van der Waals surface area contributed by atoms with E-state index < -0.39 is 4.92 Å². The second kappa shape index (κ2) is 5.73. The minimum absolute atomic E-state index is 0.0374. The molecular weight excluding hydrogens is 280 g/mol. The summed E-state index contributed by atoms with van der Waals surface area (Å²) in [4.78, 5) is 23.0. The maximum absolute atomic E-state index is 12.3. The summed E-state index contributed by atoms with van der Waals surface area (Å²) in [6.45, 7) is 0.141. The molecule has 0 unspecified atom stereocenters. The number of nitro benzene ring substituents is 1. The number of nitrogens with zero attached hydrogens (tertiary/aromatic N) is 2. The van der Waals surface area contributed by atoms with Crippen molar-refractivity contribution in [1.29, 1.82) is 0 Å². The molecule has 0 aliphatic carbocycles. The number of fused-ring (bicyclic) bond motifs is 1. The highest BCUT2D eigenvalue weighted by Crippen LogP contribution is 2.22. The summed E-state index contributed by atoms with van der Waals surface area (Å²) in [5.41, 5.74) is 1.33. The summed E-state index contributed by atoms with van der Waals surface area (Å²) < 4.78 is 1.73. The summed E-state index contributed by atoms with van der Waals surface area (Å²) in [5.74, 6) is -0.0374. The first-order valence-corrected chi connectivity index (χ1v) is 6.80. The van der Waals surface area contributed by atoms with E-state index in [1.165, 1.54) is 6.07 Å². The number of carbonyl (C=O) groups excluding carboxylic acids is 1. The molecule has 3 aromatic rings. The predicted octanol–water partition coefficient (Wildman–Crippen LogP) is 2.92. The van der Waals surface area contributed by atoms with E-state index in [1.807, 2.05) is 18.2 Å². The van der Waals surface area contributed by atoms with Crippen LogP contribution in [0.3, 0.4) is 0 Å². The number of hydrogen-bond donors (Lipinski definition) is 0. The van der Waals surface area contributed by atoms with Gasteiger partial charge in [-0.05, 0) is 12.1 Å². The minimum atomic E-state index is -0.411. The van der Waals surface area contributed by atoms with Crippen LogP contribution in [0, 0.1) is 10.1 Å². The molecule has 5 nitrogen and oxygen atoms in total. The Morgan fingerprint density at radius 2 is 1.77 bits per heavy atom. The number of Topliss-reactive ketones (excluding diaryl/α,β-unsaturated/α-hetero) is 1. The summed E-state index contributed by atoms with van der Waals surface area (Å²) in [6.07, 6.45) is 1.76. The molecule has 0 aliphatic heterocycles. The Kier molecular flexibility index (Phi) is 3.62. The largest absolute Gasteiger partial charge is 0.287 e. The third-order valence-corrected chi connectivity index (χ3v) is 3.50. The zero-order valence-electron chi connectivity index (χ0n) is 11.7. The standard InChI is InChI=1S/C17H13N2O3/c20-17(13-6-2-1-3-7-13)12-18-11-5-8-14-15(18)9-4-10-16(14)19(21)22/h1-11H,12H2/q+1. The maximum Gasteiger partial charge on any atom is 0.283 e. The highest BCUT2D eigenvalue weighted by Gasteiger charge is 2.20. The number of non-ortho nitro benzene ring substituents is 1. The van der Waals surface area contributed by atoms with Crippen molar-refractivity contribution >= 4 is 22.4 Å². The maximum atomic E-state index is 12.3. The van der Waals surface area contributed by atoms with Crippen LogP contribution in [-0.4, -0.2) is 10.7 Å². The average molecular weight is 293 g/mol. The van der Waals surface area contributed by atoms with Crippen molar-refractivity contribution in [2.45, 2.75) is 6.54 Å². The Balaban J connectivity index is 2.03. The molecule has 0 N–H and O–H groups in total. The van der Waals surface area contributed by atoms with Gasteiger partial charge in [0.05, 0.1) is 4.92 Å². The lowest BCUT2D eigenvalue weighted by Crippen LogP contribution is -2.38. The van der Waals surface area contributed by atoms with Crippen LogP contribution >= 0.6 is 0 Å². The fraction of sp³-hybridized carbons (Fsp3) is 0.0588. The third kappa shape index (κ3) is 2.56. The Morgan fingerprint density at radius 3 is 2.50 bits per heavy atom. The van der Waals surface area contributed by atoms with Gasteiger partial charge in [-0.1, -0.05) is 30.3 Å². The minimum Gasteiger partial charge on any atom is -0.287 e. The van der Waals surface area contributed by atoms with E-state index in [0.29, 0.717) is 16.5 Å². The van der Waals surface area contributed by atoms with Gasteiger partial charge in [0.15, 0.2) is 6.20 Å². The fourth-order valence-corrected chi connectivity index (χ4v) is 2.45.